The fourth-order valence-electron chi connectivity index (χ4n) is 4.41. The van der Waals surface area contributed by atoms with Gasteiger partial charge in [0, 0.05) is 5.56 Å². The van der Waals surface area contributed by atoms with E-state index >= 15 is 0 Å². The molecule has 4 rings (SSSR count). The van der Waals surface area contributed by atoms with Crippen LogP contribution >= 0.6 is 46.4 Å². The Morgan fingerprint density at radius 1 is 0.756 bits per heavy atom. The van der Waals surface area contributed by atoms with E-state index in [1.807, 2.05) is 6.92 Å². The van der Waals surface area contributed by atoms with Crippen molar-refractivity contribution in [3.05, 3.63) is 110 Å². The van der Waals surface area contributed by atoms with E-state index in [9.17, 15) is 19.8 Å². The largest absolute Gasteiger partial charge is 0.478 e. The number of carbonyl (C=O) groups is 2. The maximum absolute atomic E-state index is 12.7. The van der Waals surface area contributed by atoms with Crippen molar-refractivity contribution in [2.24, 2.45) is 0 Å². The number of allylic oxidation sites excluding steroid dienone is 1. The van der Waals surface area contributed by atoms with E-state index in [-0.39, 0.29) is 33.2 Å². The van der Waals surface area contributed by atoms with E-state index in [1.54, 1.807) is 61.5 Å². The molecule has 4 aromatic carbocycles. The van der Waals surface area contributed by atoms with Gasteiger partial charge in [0.2, 0.25) is 0 Å². The van der Waals surface area contributed by atoms with Gasteiger partial charge in [0.15, 0.2) is 0 Å². The van der Waals surface area contributed by atoms with Crippen LogP contribution < -0.4 is 10.6 Å². The zero-order valence-electron chi connectivity index (χ0n) is 21.9. The van der Waals surface area contributed by atoms with Gasteiger partial charge in [-0.1, -0.05) is 90.2 Å². The summed E-state index contributed by atoms with van der Waals surface area (Å²) in [5, 5.41) is 27.2. The highest BCUT2D eigenvalue weighted by atomic mass is 35.5. The highest BCUT2D eigenvalue weighted by Crippen LogP contribution is 2.46. The van der Waals surface area contributed by atoms with Gasteiger partial charge in [-0.3, -0.25) is 0 Å². The molecule has 0 saturated heterocycles. The molecule has 0 unspecified atom stereocenters. The summed E-state index contributed by atoms with van der Waals surface area (Å²) in [6, 6.07) is 16.4. The molecule has 4 N–H and O–H groups in total. The molecule has 0 aliphatic rings. The third-order valence-electron chi connectivity index (χ3n) is 6.45. The van der Waals surface area contributed by atoms with E-state index in [1.165, 1.54) is 6.07 Å². The molecule has 0 radical (unpaired) electrons. The first-order valence-corrected chi connectivity index (χ1v) is 13.8. The number of aryl methyl sites for hydroxylation is 1. The number of aromatic carboxylic acids is 2. The highest BCUT2D eigenvalue weighted by Gasteiger charge is 2.24. The summed E-state index contributed by atoms with van der Waals surface area (Å²) >= 11 is 26.7. The second-order valence-electron chi connectivity index (χ2n) is 9.14. The van der Waals surface area contributed by atoms with Gasteiger partial charge in [0.25, 0.3) is 0 Å². The summed E-state index contributed by atoms with van der Waals surface area (Å²) < 4.78 is 0. The average molecular weight is 630 g/mol. The number of benzene rings is 4. The number of hydrogen-bond donors (Lipinski definition) is 4. The molecule has 210 valence electrons. The molecule has 6 nitrogen and oxygen atoms in total. The fourth-order valence-corrected chi connectivity index (χ4v) is 5.71. The third kappa shape index (κ3) is 6.02. The molecule has 0 atom stereocenters. The van der Waals surface area contributed by atoms with E-state index in [0.717, 1.165) is 0 Å². The van der Waals surface area contributed by atoms with Crippen molar-refractivity contribution in [2.75, 3.05) is 10.6 Å². The van der Waals surface area contributed by atoms with Crippen LogP contribution in [-0.2, 0) is 6.42 Å². The Hall–Kier alpha value is -3.68. The van der Waals surface area contributed by atoms with Gasteiger partial charge >= 0.3 is 11.9 Å². The van der Waals surface area contributed by atoms with Crippen LogP contribution in [0.5, 0.6) is 0 Å². The second kappa shape index (κ2) is 12.5. The Balaban J connectivity index is 1.92. The summed E-state index contributed by atoms with van der Waals surface area (Å²) in [5.74, 6) is -2.35. The molecule has 0 amide bonds. The molecule has 0 aliphatic heterocycles. The lowest BCUT2D eigenvalue weighted by Gasteiger charge is -2.21. The van der Waals surface area contributed by atoms with Gasteiger partial charge in [0.05, 0.1) is 54.0 Å². The molecule has 10 heteroatoms. The number of carboxylic acid groups (broad SMARTS) is 2. The van der Waals surface area contributed by atoms with E-state index in [0.29, 0.717) is 55.0 Å². The highest BCUT2D eigenvalue weighted by molar-refractivity contribution is 6.42. The number of halogens is 4. The van der Waals surface area contributed by atoms with E-state index in [4.69, 9.17) is 46.4 Å². The minimum Gasteiger partial charge on any atom is -0.478 e. The predicted octanol–water partition coefficient (Wildman–Crippen LogP) is 10.4. The first-order chi connectivity index (χ1) is 19.5. The van der Waals surface area contributed by atoms with Crippen molar-refractivity contribution in [2.45, 2.75) is 20.3 Å². The topological polar surface area (TPSA) is 98.7 Å². The average Bonchev–Trinajstić information content (AvgIpc) is 2.93. The molecule has 41 heavy (non-hydrogen) atoms. The van der Waals surface area contributed by atoms with Crippen molar-refractivity contribution in [1.82, 2.24) is 0 Å². The Kier molecular flexibility index (Phi) is 9.20. The molecule has 0 aromatic heterocycles. The summed E-state index contributed by atoms with van der Waals surface area (Å²) in [7, 11) is 0. The van der Waals surface area contributed by atoms with Gasteiger partial charge in [-0.05, 0) is 65.9 Å². The second-order valence-corrected chi connectivity index (χ2v) is 10.7. The Morgan fingerprint density at radius 3 is 2.05 bits per heavy atom. The van der Waals surface area contributed by atoms with Crippen molar-refractivity contribution >= 4 is 86.7 Å². The van der Waals surface area contributed by atoms with Crippen LogP contribution in [0.25, 0.3) is 16.7 Å². The minimum atomic E-state index is -1.22. The maximum Gasteiger partial charge on any atom is 0.338 e. The molecule has 0 saturated carbocycles. The molecule has 0 heterocycles. The lowest BCUT2D eigenvalue weighted by Crippen LogP contribution is -2.07. The van der Waals surface area contributed by atoms with Crippen molar-refractivity contribution in [3.8, 4) is 11.1 Å². The lowest BCUT2D eigenvalue weighted by atomic mass is 9.94. The number of rotatable bonds is 9. The first-order valence-electron chi connectivity index (χ1n) is 12.3. The molecule has 0 bridgehead atoms. The zero-order valence-corrected chi connectivity index (χ0v) is 24.9. The van der Waals surface area contributed by atoms with Gasteiger partial charge in [0.1, 0.15) is 0 Å². The monoisotopic (exact) mass is 628 g/mol. The quantitative estimate of drug-likeness (QED) is 0.147. The number of carboxylic acids is 2. The molecular weight excluding hydrogens is 606 g/mol. The summed E-state index contributed by atoms with van der Waals surface area (Å²) in [6.07, 6.45) is 0.498. The standard InChI is InChI=1S/C31H24Cl4N2O4/c1-4-16-14-20(27(35)29(25(16)33)36-22-10-6-5-8-19(22)30(38)39)18-9-7-11-23(24(18)31(40)41)37-28-21(32)13-12-17(15(2)3)26(28)34/h5-14,36-37H,2,4H2,1,3H3,(H,38,39)(H,40,41). The molecule has 0 aliphatic carbocycles. The normalized spacial score (nSPS) is 10.8. The Labute approximate surface area is 257 Å². The summed E-state index contributed by atoms with van der Waals surface area (Å²) in [4.78, 5) is 24.5. The third-order valence-corrected chi connectivity index (χ3v) is 7.98. The van der Waals surface area contributed by atoms with E-state index < -0.39 is 11.9 Å². The fraction of sp³-hybridized carbons (Fsp3) is 0.0968. The van der Waals surface area contributed by atoms with Gasteiger partial charge in [-0.25, -0.2) is 9.59 Å². The Bertz CT molecular complexity index is 1720. The summed E-state index contributed by atoms with van der Waals surface area (Å²) in [5.41, 5.74) is 3.78. The lowest BCUT2D eigenvalue weighted by molar-refractivity contribution is 0.0687. The molecule has 0 spiro atoms. The number of hydrogen-bond acceptors (Lipinski definition) is 4. The van der Waals surface area contributed by atoms with Crippen molar-refractivity contribution in [3.63, 3.8) is 0 Å². The van der Waals surface area contributed by atoms with Crippen LogP contribution in [0.3, 0.4) is 0 Å². The molecule has 4 aromatic rings. The van der Waals surface area contributed by atoms with Crippen LogP contribution in [0.4, 0.5) is 22.7 Å². The number of nitrogens with one attached hydrogen (secondary N) is 2. The van der Waals surface area contributed by atoms with Crippen LogP contribution in [0.1, 0.15) is 45.7 Å². The number of para-hydroxylation sites is 1. The van der Waals surface area contributed by atoms with Crippen molar-refractivity contribution in [1.29, 1.82) is 0 Å². The van der Waals surface area contributed by atoms with Crippen molar-refractivity contribution < 1.29 is 19.8 Å². The SMILES string of the molecule is C=C(C)c1ccc(Cl)c(Nc2cccc(-c3cc(CC)c(Cl)c(Nc4ccccc4C(=O)O)c3Cl)c2C(=O)O)c1Cl. The van der Waals surface area contributed by atoms with Crippen LogP contribution in [0.15, 0.2) is 67.2 Å². The van der Waals surface area contributed by atoms with Gasteiger partial charge in [-0.2, -0.15) is 0 Å². The van der Waals surface area contributed by atoms with Crippen LogP contribution in [0, 0.1) is 0 Å². The van der Waals surface area contributed by atoms with Gasteiger partial charge in [-0.15, -0.1) is 0 Å². The molecule has 0 fully saturated rings. The minimum absolute atomic E-state index is 0.0197. The van der Waals surface area contributed by atoms with Crippen LogP contribution in [-0.4, -0.2) is 22.2 Å². The summed E-state index contributed by atoms with van der Waals surface area (Å²) in [6.45, 7) is 7.63. The predicted molar refractivity (Wildman–Crippen MR) is 169 cm³/mol. The number of anilines is 4. The van der Waals surface area contributed by atoms with Crippen LogP contribution in [0.2, 0.25) is 20.1 Å². The smallest absolute Gasteiger partial charge is 0.338 e. The Morgan fingerprint density at radius 2 is 1.41 bits per heavy atom. The molecular formula is C31H24Cl4N2O4. The first kappa shape index (κ1) is 30.3. The van der Waals surface area contributed by atoms with E-state index in [2.05, 4.69) is 17.2 Å². The van der Waals surface area contributed by atoms with Gasteiger partial charge < -0.3 is 20.8 Å². The maximum atomic E-state index is 12.7. The zero-order chi connectivity index (χ0) is 30.0.